The van der Waals surface area contributed by atoms with E-state index < -0.39 is 0 Å². The molecule has 0 spiro atoms. The maximum absolute atomic E-state index is 11.7. The lowest BCUT2D eigenvalue weighted by Crippen LogP contribution is -2.26. The number of ether oxygens (including phenoxy) is 1. The Kier molecular flexibility index (Phi) is 7.39. The van der Waals surface area contributed by atoms with E-state index in [1.54, 1.807) is 19.1 Å². The van der Waals surface area contributed by atoms with Gasteiger partial charge in [-0.15, -0.1) is 0 Å². The summed E-state index contributed by atoms with van der Waals surface area (Å²) in [6.45, 7) is 2.61. The third kappa shape index (κ3) is 6.85. The van der Waals surface area contributed by atoms with Crippen LogP contribution in [0, 0.1) is 0 Å². The molecule has 0 heterocycles. The highest BCUT2D eigenvalue weighted by molar-refractivity contribution is 7.80. The standard InChI is InChI=1S/C15H20N2O3S/c1-2-20-14(19)4-3-9-17-13(18)10-11-5-7-12(8-6-11)15(16)21/h5-8H,2-4,9-10H2,1H3,(H2,16,21)(H,17,18). The fourth-order valence-corrected chi connectivity index (χ4v) is 1.86. The van der Waals surface area contributed by atoms with Crippen LogP contribution >= 0.6 is 12.2 Å². The van der Waals surface area contributed by atoms with Gasteiger partial charge in [-0.1, -0.05) is 36.5 Å². The molecule has 0 atom stereocenters. The topological polar surface area (TPSA) is 81.4 Å². The van der Waals surface area contributed by atoms with Crippen LogP contribution in [-0.4, -0.2) is 30.0 Å². The van der Waals surface area contributed by atoms with Crippen molar-refractivity contribution < 1.29 is 14.3 Å². The Hall–Kier alpha value is -1.95. The summed E-state index contributed by atoms with van der Waals surface area (Å²) in [5.74, 6) is -0.318. The van der Waals surface area contributed by atoms with E-state index in [0.29, 0.717) is 31.0 Å². The summed E-state index contributed by atoms with van der Waals surface area (Å²) in [4.78, 5) is 23.2. The Bertz CT molecular complexity index is 500. The van der Waals surface area contributed by atoms with Crippen LogP contribution in [0.1, 0.15) is 30.9 Å². The summed E-state index contributed by atoms with van der Waals surface area (Å²) in [5.41, 5.74) is 7.17. The first-order valence-electron chi connectivity index (χ1n) is 6.84. The van der Waals surface area contributed by atoms with Crippen molar-refractivity contribution in [2.24, 2.45) is 5.73 Å². The maximum Gasteiger partial charge on any atom is 0.305 e. The van der Waals surface area contributed by atoms with Crippen molar-refractivity contribution in [1.29, 1.82) is 0 Å². The Labute approximate surface area is 129 Å². The number of thiocarbonyl (C=S) groups is 1. The normalized spacial score (nSPS) is 9.95. The van der Waals surface area contributed by atoms with E-state index >= 15 is 0 Å². The zero-order valence-corrected chi connectivity index (χ0v) is 12.9. The molecule has 0 aliphatic heterocycles. The molecular formula is C15H20N2O3S. The van der Waals surface area contributed by atoms with Crippen molar-refractivity contribution in [3.05, 3.63) is 35.4 Å². The molecule has 0 radical (unpaired) electrons. The molecule has 21 heavy (non-hydrogen) atoms. The lowest BCUT2D eigenvalue weighted by atomic mass is 10.1. The van der Waals surface area contributed by atoms with Gasteiger partial charge >= 0.3 is 5.97 Å². The number of benzene rings is 1. The summed E-state index contributed by atoms with van der Waals surface area (Å²) < 4.78 is 4.80. The molecule has 0 unspecified atom stereocenters. The first kappa shape index (κ1) is 17.1. The maximum atomic E-state index is 11.7. The molecule has 1 aromatic rings. The first-order chi connectivity index (χ1) is 10.0. The molecule has 0 saturated carbocycles. The largest absolute Gasteiger partial charge is 0.466 e. The number of nitrogens with two attached hydrogens (primary N) is 1. The molecule has 1 amide bonds. The minimum atomic E-state index is -0.236. The van der Waals surface area contributed by atoms with Crippen molar-refractivity contribution in [2.75, 3.05) is 13.2 Å². The Morgan fingerprint density at radius 2 is 1.95 bits per heavy atom. The predicted molar refractivity (Wildman–Crippen MR) is 84.9 cm³/mol. The van der Waals surface area contributed by atoms with Gasteiger partial charge in [0.25, 0.3) is 0 Å². The zero-order valence-electron chi connectivity index (χ0n) is 12.1. The van der Waals surface area contributed by atoms with E-state index in [1.165, 1.54) is 0 Å². The van der Waals surface area contributed by atoms with Crippen LogP contribution in [0.15, 0.2) is 24.3 Å². The van der Waals surface area contributed by atoms with Crippen molar-refractivity contribution in [3.8, 4) is 0 Å². The second-order valence-corrected chi connectivity index (χ2v) is 4.94. The molecule has 1 aromatic carbocycles. The molecule has 0 saturated heterocycles. The van der Waals surface area contributed by atoms with Crippen LogP contribution in [0.4, 0.5) is 0 Å². The number of nitrogens with one attached hydrogen (secondary N) is 1. The molecule has 5 nitrogen and oxygen atoms in total. The third-order valence-electron chi connectivity index (χ3n) is 2.79. The Balaban J connectivity index is 2.27. The molecule has 0 fully saturated rings. The van der Waals surface area contributed by atoms with Gasteiger partial charge in [-0.05, 0) is 18.9 Å². The second-order valence-electron chi connectivity index (χ2n) is 4.50. The predicted octanol–water partition coefficient (Wildman–Crippen LogP) is 1.32. The van der Waals surface area contributed by atoms with E-state index in [0.717, 1.165) is 11.1 Å². The fourth-order valence-electron chi connectivity index (χ4n) is 1.73. The van der Waals surface area contributed by atoms with E-state index in [9.17, 15) is 9.59 Å². The molecule has 6 heteroatoms. The minimum absolute atomic E-state index is 0.0815. The number of hydrogen-bond acceptors (Lipinski definition) is 4. The molecule has 1 rings (SSSR count). The summed E-state index contributed by atoms with van der Waals surface area (Å²) >= 11 is 4.86. The monoisotopic (exact) mass is 308 g/mol. The third-order valence-corrected chi connectivity index (χ3v) is 3.02. The van der Waals surface area contributed by atoms with Gasteiger partial charge in [0.1, 0.15) is 4.99 Å². The SMILES string of the molecule is CCOC(=O)CCCNC(=O)Cc1ccc(C(N)=S)cc1. The molecule has 3 N–H and O–H groups in total. The summed E-state index contributed by atoms with van der Waals surface area (Å²) in [6, 6.07) is 7.25. The van der Waals surface area contributed by atoms with Gasteiger partial charge in [-0.2, -0.15) is 0 Å². The van der Waals surface area contributed by atoms with Crippen molar-refractivity contribution in [1.82, 2.24) is 5.32 Å². The summed E-state index contributed by atoms with van der Waals surface area (Å²) in [6.07, 6.45) is 1.18. The molecular weight excluding hydrogens is 288 g/mol. The molecule has 114 valence electrons. The van der Waals surface area contributed by atoms with E-state index in [4.69, 9.17) is 22.7 Å². The van der Waals surface area contributed by atoms with Crippen LogP contribution in [0.3, 0.4) is 0 Å². The number of carbonyl (C=O) groups is 2. The van der Waals surface area contributed by atoms with Gasteiger partial charge in [0.2, 0.25) is 5.91 Å². The summed E-state index contributed by atoms with van der Waals surface area (Å²) in [7, 11) is 0. The highest BCUT2D eigenvalue weighted by Gasteiger charge is 2.05. The van der Waals surface area contributed by atoms with Crippen LogP contribution in [0.25, 0.3) is 0 Å². The van der Waals surface area contributed by atoms with Crippen LogP contribution in [-0.2, 0) is 20.7 Å². The van der Waals surface area contributed by atoms with Crippen molar-refractivity contribution in [2.45, 2.75) is 26.2 Å². The van der Waals surface area contributed by atoms with Gasteiger partial charge in [-0.25, -0.2) is 0 Å². The average Bonchev–Trinajstić information content (AvgIpc) is 2.44. The van der Waals surface area contributed by atoms with Crippen LogP contribution < -0.4 is 11.1 Å². The number of carbonyl (C=O) groups excluding carboxylic acids is 2. The lowest BCUT2D eigenvalue weighted by Gasteiger charge is -2.06. The second kappa shape index (κ2) is 9.07. The van der Waals surface area contributed by atoms with Crippen molar-refractivity contribution >= 4 is 29.1 Å². The highest BCUT2D eigenvalue weighted by Crippen LogP contribution is 2.05. The number of hydrogen-bond donors (Lipinski definition) is 2. The fraction of sp³-hybridized carbons (Fsp3) is 0.400. The van der Waals surface area contributed by atoms with Crippen LogP contribution in [0.2, 0.25) is 0 Å². The quantitative estimate of drug-likeness (QED) is 0.430. The van der Waals surface area contributed by atoms with Gasteiger partial charge < -0.3 is 15.8 Å². The number of amides is 1. The lowest BCUT2D eigenvalue weighted by molar-refractivity contribution is -0.143. The molecule has 0 aliphatic carbocycles. The number of rotatable bonds is 8. The van der Waals surface area contributed by atoms with Gasteiger partial charge in [0.05, 0.1) is 13.0 Å². The van der Waals surface area contributed by atoms with E-state index in [-0.39, 0.29) is 18.3 Å². The zero-order chi connectivity index (χ0) is 15.7. The number of esters is 1. The van der Waals surface area contributed by atoms with Gasteiger partial charge in [0.15, 0.2) is 0 Å². The smallest absolute Gasteiger partial charge is 0.305 e. The van der Waals surface area contributed by atoms with E-state index in [1.807, 2.05) is 12.1 Å². The van der Waals surface area contributed by atoms with Gasteiger partial charge in [0, 0.05) is 18.5 Å². The van der Waals surface area contributed by atoms with Gasteiger partial charge in [-0.3, -0.25) is 9.59 Å². The molecule has 0 bridgehead atoms. The molecule has 0 aromatic heterocycles. The Morgan fingerprint density at radius 3 is 2.52 bits per heavy atom. The van der Waals surface area contributed by atoms with Crippen molar-refractivity contribution in [3.63, 3.8) is 0 Å². The van der Waals surface area contributed by atoms with Crippen LogP contribution in [0.5, 0.6) is 0 Å². The summed E-state index contributed by atoms with van der Waals surface area (Å²) in [5, 5.41) is 2.77. The average molecular weight is 308 g/mol. The minimum Gasteiger partial charge on any atom is -0.466 e. The highest BCUT2D eigenvalue weighted by atomic mass is 32.1. The first-order valence-corrected chi connectivity index (χ1v) is 7.24. The molecule has 0 aliphatic rings. The van der Waals surface area contributed by atoms with E-state index in [2.05, 4.69) is 5.32 Å². The Morgan fingerprint density at radius 1 is 1.29 bits per heavy atom.